The molecule has 0 aliphatic carbocycles. The highest BCUT2D eigenvalue weighted by atomic mass is 16.4. The molecule has 0 radical (unpaired) electrons. The number of oxazole rings is 1. The lowest BCUT2D eigenvalue weighted by Gasteiger charge is -2.45. The fraction of sp³-hybridized carbons (Fsp3) is 0.436. The van der Waals surface area contributed by atoms with Crippen LogP contribution in [0.25, 0.3) is 11.1 Å². The van der Waals surface area contributed by atoms with Gasteiger partial charge in [0.05, 0.1) is 5.69 Å². The normalized spacial score (nSPS) is 14.7. The Balaban J connectivity index is 1.57. The van der Waals surface area contributed by atoms with Crippen LogP contribution >= 0.6 is 0 Å². The van der Waals surface area contributed by atoms with Gasteiger partial charge in [-0.15, -0.1) is 0 Å². The van der Waals surface area contributed by atoms with E-state index in [0.717, 1.165) is 28.4 Å². The topological polar surface area (TPSA) is 32.5 Å². The summed E-state index contributed by atoms with van der Waals surface area (Å²) in [5, 5.41) is 0. The first-order chi connectivity index (χ1) is 27.5. The SMILES string of the molecule is CC(C)(C)c1ccc(N2c3ccc(C(C)(C)C)cc3B3c4ccc5nc(C(C)(C)C)oc5c4N(c4cc(C(C)(C)C)cc(C(C)(C)C)c4)c4cc(C(C)(C)C)cc2c43)cc1. The number of fused-ring (bicyclic) bond motifs is 6. The molecule has 60 heavy (non-hydrogen) atoms. The lowest BCUT2D eigenvalue weighted by atomic mass is 9.33. The molecule has 0 atom stereocenters. The second kappa shape index (κ2) is 13.4. The summed E-state index contributed by atoms with van der Waals surface area (Å²) >= 11 is 0. The van der Waals surface area contributed by atoms with E-state index in [0.29, 0.717) is 0 Å². The van der Waals surface area contributed by atoms with E-state index in [1.54, 1.807) is 0 Å². The van der Waals surface area contributed by atoms with Crippen molar-refractivity contribution >= 4 is 68.3 Å². The van der Waals surface area contributed by atoms with Crippen LogP contribution in [-0.2, 0) is 32.5 Å². The van der Waals surface area contributed by atoms with E-state index in [2.05, 4.69) is 219 Å². The van der Waals surface area contributed by atoms with Gasteiger partial charge in [0, 0.05) is 33.9 Å². The van der Waals surface area contributed by atoms with Gasteiger partial charge >= 0.3 is 0 Å². The summed E-state index contributed by atoms with van der Waals surface area (Å²) in [6.07, 6.45) is 0. The second-order valence-corrected chi connectivity index (χ2v) is 24.0. The van der Waals surface area contributed by atoms with Crippen molar-refractivity contribution in [3.8, 4) is 0 Å². The van der Waals surface area contributed by atoms with E-state index in [1.807, 2.05) is 0 Å². The highest BCUT2D eigenvalue weighted by molar-refractivity contribution is 7.00. The van der Waals surface area contributed by atoms with Gasteiger partial charge < -0.3 is 14.2 Å². The second-order valence-electron chi connectivity index (χ2n) is 24.0. The van der Waals surface area contributed by atoms with Crippen molar-refractivity contribution < 1.29 is 4.42 Å². The molecular weight excluding hydrogens is 729 g/mol. The Bertz CT molecular complexity index is 2620. The van der Waals surface area contributed by atoms with Crippen LogP contribution in [0.15, 0.2) is 89.3 Å². The highest BCUT2D eigenvalue weighted by Gasteiger charge is 2.46. The summed E-state index contributed by atoms with van der Waals surface area (Å²) in [6.45, 7) is 41.4. The molecule has 0 bridgehead atoms. The molecule has 3 heterocycles. The molecule has 5 heteroatoms. The molecule has 6 aromatic rings. The van der Waals surface area contributed by atoms with E-state index in [-0.39, 0.29) is 39.2 Å². The van der Waals surface area contributed by atoms with Gasteiger partial charge in [0.2, 0.25) is 5.89 Å². The summed E-state index contributed by atoms with van der Waals surface area (Å²) in [4.78, 5) is 10.3. The monoisotopic (exact) mass is 798 g/mol. The van der Waals surface area contributed by atoms with E-state index in [9.17, 15) is 0 Å². The van der Waals surface area contributed by atoms with Crippen LogP contribution < -0.4 is 26.2 Å². The third-order valence-corrected chi connectivity index (χ3v) is 12.9. The Morgan fingerprint density at radius 3 is 1.43 bits per heavy atom. The predicted octanol–water partition coefficient (Wildman–Crippen LogP) is 13.7. The first-order valence-corrected chi connectivity index (χ1v) is 22.2. The Labute approximate surface area is 361 Å². The number of hydrogen-bond donors (Lipinski definition) is 0. The molecule has 5 aromatic carbocycles. The Hall–Kier alpha value is -4.77. The van der Waals surface area contributed by atoms with Gasteiger partial charge in [-0.3, -0.25) is 0 Å². The minimum atomic E-state index is -0.260. The first kappa shape index (κ1) is 41.9. The number of aromatic nitrogens is 1. The molecule has 4 nitrogen and oxygen atoms in total. The maximum atomic E-state index is 7.06. The third kappa shape index (κ3) is 7.08. The number of benzene rings is 5. The first-order valence-electron chi connectivity index (χ1n) is 22.2. The molecule has 0 N–H and O–H groups in total. The van der Waals surface area contributed by atoms with Gasteiger partial charge in [0.15, 0.2) is 5.58 Å². The van der Waals surface area contributed by atoms with E-state index in [4.69, 9.17) is 9.40 Å². The van der Waals surface area contributed by atoms with Gasteiger partial charge in [-0.1, -0.05) is 161 Å². The molecule has 0 amide bonds. The van der Waals surface area contributed by atoms with Crippen molar-refractivity contribution in [2.45, 2.75) is 157 Å². The molecule has 0 unspecified atom stereocenters. The molecule has 0 saturated heterocycles. The molecule has 0 fully saturated rings. The van der Waals surface area contributed by atoms with Gasteiger partial charge in [-0.2, -0.15) is 0 Å². The van der Waals surface area contributed by atoms with Gasteiger partial charge in [-0.05, 0) is 120 Å². The highest BCUT2D eigenvalue weighted by Crippen LogP contribution is 2.49. The van der Waals surface area contributed by atoms with Crippen molar-refractivity contribution in [2.24, 2.45) is 0 Å². The zero-order chi connectivity index (χ0) is 43.9. The van der Waals surface area contributed by atoms with E-state index >= 15 is 0 Å². The summed E-state index contributed by atoms with van der Waals surface area (Å²) in [7, 11) is 0. The number of anilines is 6. The lowest BCUT2D eigenvalue weighted by molar-refractivity contribution is 0.411. The van der Waals surface area contributed by atoms with Crippen molar-refractivity contribution in [3.63, 3.8) is 0 Å². The Morgan fingerprint density at radius 2 is 0.917 bits per heavy atom. The number of hydrogen-bond acceptors (Lipinski definition) is 4. The molecular formula is C55H68BN3O. The average Bonchev–Trinajstić information content (AvgIpc) is 3.58. The zero-order valence-corrected chi connectivity index (χ0v) is 39.9. The molecule has 0 spiro atoms. The standard InChI is InChI=1S/C55H68BN3O/c1-50(2,3)33-19-22-38(23-20-33)58-43-26-21-34(51(4,5)6)30-41(43)56-40-24-25-42-48(60-49(57-42)55(16,17)18)47(40)59(45-32-37(54(13,14)15)31-44(58)46(45)56)39-28-35(52(7,8)9)27-36(29-39)53(10,11)12/h19-32H,1-18H3. The largest absolute Gasteiger partial charge is 0.438 e. The molecule has 1 aromatic heterocycles. The fourth-order valence-corrected chi connectivity index (χ4v) is 8.95. The average molecular weight is 798 g/mol. The van der Waals surface area contributed by atoms with Gasteiger partial charge in [0.25, 0.3) is 6.71 Å². The van der Waals surface area contributed by atoms with Crippen LogP contribution in [-0.4, -0.2) is 11.7 Å². The van der Waals surface area contributed by atoms with Crippen molar-refractivity contribution in [3.05, 3.63) is 119 Å². The summed E-state index contributed by atoms with van der Waals surface area (Å²) < 4.78 is 7.06. The van der Waals surface area contributed by atoms with Crippen LogP contribution in [0.4, 0.5) is 34.1 Å². The molecule has 0 saturated carbocycles. The summed E-state index contributed by atoms with van der Waals surface area (Å²) in [6, 6.07) is 33.4. The quantitative estimate of drug-likeness (QED) is 0.163. The van der Waals surface area contributed by atoms with Crippen molar-refractivity contribution in [2.75, 3.05) is 9.80 Å². The number of nitrogens with zero attached hydrogens (tertiary/aromatic N) is 3. The molecule has 312 valence electrons. The minimum Gasteiger partial charge on any atom is -0.438 e. The van der Waals surface area contributed by atoms with E-state index in [1.165, 1.54) is 67.0 Å². The predicted molar refractivity (Wildman–Crippen MR) is 260 cm³/mol. The van der Waals surface area contributed by atoms with Crippen LogP contribution in [0.5, 0.6) is 0 Å². The lowest BCUT2D eigenvalue weighted by Crippen LogP contribution is -2.61. The van der Waals surface area contributed by atoms with E-state index < -0.39 is 0 Å². The van der Waals surface area contributed by atoms with Crippen molar-refractivity contribution in [1.29, 1.82) is 0 Å². The molecule has 2 aliphatic heterocycles. The Kier molecular flexibility index (Phi) is 9.34. The van der Waals surface area contributed by atoms with Crippen LogP contribution in [0.3, 0.4) is 0 Å². The maximum Gasteiger partial charge on any atom is 0.252 e. The molecule has 8 rings (SSSR count). The van der Waals surface area contributed by atoms with Gasteiger partial charge in [-0.25, -0.2) is 4.98 Å². The van der Waals surface area contributed by atoms with Crippen molar-refractivity contribution in [1.82, 2.24) is 4.98 Å². The third-order valence-electron chi connectivity index (χ3n) is 12.9. The number of rotatable bonds is 2. The Morgan fingerprint density at radius 1 is 0.417 bits per heavy atom. The smallest absolute Gasteiger partial charge is 0.252 e. The van der Waals surface area contributed by atoms with Gasteiger partial charge in [0.1, 0.15) is 5.52 Å². The van der Waals surface area contributed by atoms with Crippen LogP contribution in [0.2, 0.25) is 0 Å². The van der Waals surface area contributed by atoms with Crippen LogP contribution in [0, 0.1) is 0 Å². The van der Waals surface area contributed by atoms with Crippen LogP contribution in [0.1, 0.15) is 158 Å². The summed E-state index contributed by atoms with van der Waals surface area (Å²) in [5.41, 5.74) is 18.7. The molecule has 2 aliphatic rings. The minimum absolute atomic E-state index is 0.0375. The summed E-state index contributed by atoms with van der Waals surface area (Å²) in [5.74, 6) is 0.753. The maximum absolute atomic E-state index is 7.06. The fourth-order valence-electron chi connectivity index (χ4n) is 8.95. The zero-order valence-electron chi connectivity index (χ0n) is 39.9.